The number of likely N-dealkylation sites (tertiary alicyclic amines) is 1. The third-order valence-electron chi connectivity index (χ3n) is 3.54. The summed E-state index contributed by atoms with van der Waals surface area (Å²) in [5, 5.41) is 1.98. The zero-order valence-corrected chi connectivity index (χ0v) is 12.5. The van der Waals surface area contributed by atoms with E-state index in [4.69, 9.17) is 5.73 Å². The number of halogens is 1. The summed E-state index contributed by atoms with van der Waals surface area (Å²) < 4.78 is 0. The Morgan fingerprint density at radius 1 is 1.61 bits per heavy atom. The van der Waals surface area contributed by atoms with Gasteiger partial charge in [0, 0.05) is 19.1 Å². The van der Waals surface area contributed by atoms with Gasteiger partial charge in [-0.1, -0.05) is 0 Å². The maximum absolute atomic E-state index is 12.3. The maximum atomic E-state index is 12.3. The molecule has 2 atom stereocenters. The SMILES string of the molecule is Cc1ccsc1C(=O)N1CCCC(C(C)N)C1.Cl. The van der Waals surface area contributed by atoms with Crippen LogP contribution >= 0.6 is 23.7 Å². The predicted molar refractivity (Wildman–Crippen MR) is 78.6 cm³/mol. The molecule has 1 aliphatic rings. The van der Waals surface area contributed by atoms with E-state index in [9.17, 15) is 4.79 Å². The number of rotatable bonds is 2. The molecule has 2 unspecified atom stereocenters. The minimum Gasteiger partial charge on any atom is -0.338 e. The molecular weight excluding hydrogens is 268 g/mol. The van der Waals surface area contributed by atoms with Crippen LogP contribution in [-0.2, 0) is 0 Å². The van der Waals surface area contributed by atoms with E-state index in [0.717, 1.165) is 36.4 Å². The molecule has 2 rings (SSSR count). The van der Waals surface area contributed by atoms with Crippen LogP contribution in [0.4, 0.5) is 0 Å². The standard InChI is InChI=1S/C13H20N2OS.ClH/c1-9-5-7-17-12(9)13(16)15-6-3-4-11(8-15)10(2)14;/h5,7,10-11H,3-4,6,8,14H2,1-2H3;1H. The van der Waals surface area contributed by atoms with Crippen LogP contribution in [0.1, 0.15) is 35.0 Å². The van der Waals surface area contributed by atoms with Gasteiger partial charge in [-0.2, -0.15) is 0 Å². The second-order valence-corrected chi connectivity index (χ2v) is 5.86. The van der Waals surface area contributed by atoms with Crippen molar-refractivity contribution in [1.29, 1.82) is 0 Å². The number of piperidine rings is 1. The Balaban J connectivity index is 0.00000162. The number of carbonyl (C=O) groups is 1. The number of hydrogen-bond acceptors (Lipinski definition) is 3. The average molecular weight is 289 g/mol. The van der Waals surface area contributed by atoms with E-state index >= 15 is 0 Å². The summed E-state index contributed by atoms with van der Waals surface area (Å²) in [4.78, 5) is 15.2. The summed E-state index contributed by atoms with van der Waals surface area (Å²) in [6.07, 6.45) is 2.22. The monoisotopic (exact) mass is 288 g/mol. The van der Waals surface area contributed by atoms with E-state index in [1.165, 1.54) is 11.3 Å². The van der Waals surface area contributed by atoms with E-state index in [2.05, 4.69) is 0 Å². The second-order valence-electron chi connectivity index (χ2n) is 4.95. The summed E-state index contributed by atoms with van der Waals surface area (Å²) >= 11 is 1.54. The van der Waals surface area contributed by atoms with Gasteiger partial charge in [-0.3, -0.25) is 4.79 Å². The second kappa shape index (κ2) is 6.55. The van der Waals surface area contributed by atoms with Gasteiger partial charge in [-0.25, -0.2) is 0 Å². The number of aryl methyl sites for hydroxylation is 1. The van der Waals surface area contributed by atoms with Gasteiger partial charge in [0.2, 0.25) is 0 Å². The number of hydrogen-bond donors (Lipinski definition) is 1. The molecular formula is C13H21ClN2OS. The van der Waals surface area contributed by atoms with Crippen molar-refractivity contribution in [1.82, 2.24) is 4.90 Å². The van der Waals surface area contributed by atoms with Gasteiger partial charge in [0.25, 0.3) is 5.91 Å². The molecule has 102 valence electrons. The van der Waals surface area contributed by atoms with Gasteiger partial charge in [0.05, 0.1) is 4.88 Å². The lowest BCUT2D eigenvalue weighted by atomic mass is 9.92. The Kier molecular flexibility index (Phi) is 5.63. The fourth-order valence-electron chi connectivity index (χ4n) is 2.36. The largest absolute Gasteiger partial charge is 0.338 e. The average Bonchev–Trinajstić information content (AvgIpc) is 2.74. The molecule has 1 aromatic rings. The Morgan fingerprint density at radius 3 is 2.89 bits per heavy atom. The zero-order chi connectivity index (χ0) is 12.4. The first-order chi connectivity index (χ1) is 8.09. The summed E-state index contributed by atoms with van der Waals surface area (Å²) in [6, 6.07) is 2.18. The highest BCUT2D eigenvalue weighted by molar-refractivity contribution is 7.12. The minimum atomic E-state index is 0. The number of nitrogens with zero attached hydrogens (tertiary/aromatic N) is 1. The highest BCUT2D eigenvalue weighted by Gasteiger charge is 2.27. The Morgan fingerprint density at radius 2 is 2.33 bits per heavy atom. The molecule has 0 spiro atoms. The van der Waals surface area contributed by atoms with E-state index in [1.807, 2.05) is 30.2 Å². The van der Waals surface area contributed by atoms with Gasteiger partial charge < -0.3 is 10.6 Å². The van der Waals surface area contributed by atoms with Crippen LogP contribution in [0, 0.1) is 12.8 Å². The Hall–Kier alpha value is -0.580. The molecule has 1 fully saturated rings. The van der Waals surface area contributed by atoms with Gasteiger partial charge >= 0.3 is 0 Å². The van der Waals surface area contributed by atoms with Gasteiger partial charge in [-0.15, -0.1) is 23.7 Å². The quantitative estimate of drug-likeness (QED) is 0.909. The lowest BCUT2D eigenvalue weighted by molar-refractivity contribution is 0.0665. The van der Waals surface area contributed by atoms with Crippen LogP contribution < -0.4 is 5.73 Å². The van der Waals surface area contributed by atoms with Gasteiger partial charge in [0.15, 0.2) is 0 Å². The summed E-state index contributed by atoms with van der Waals surface area (Å²) in [5.41, 5.74) is 7.03. The maximum Gasteiger partial charge on any atom is 0.264 e. The summed E-state index contributed by atoms with van der Waals surface area (Å²) in [5.74, 6) is 0.635. The third kappa shape index (κ3) is 3.25. The van der Waals surface area contributed by atoms with E-state index in [1.54, 1.807) is 0 Å². The van der Waals surface area contributed by atoms with E-state index in [-0.39, 0.29) is 24.4 Å². The van der Waals surface area contributed by atoms with Crippen molar-refractivity contribution in [3.05, 3.63) is 21.9 Å². The van der Waals surface area contributed by atoms with Crippen molar-refractivity contribution in [2.75, 3.05) is 13.1 Å². The zero-order valence-electron chi connectivity index (χ0n) is 10.9. The summed E-state index contributed by atoms with van der Waals surface area (Å²) in [7, 11) is 0. The molecule has 0 radical (unpaired) electrons. The van der Waals surface area contributed by atoms with Gasteiger partial charge in [-0.05, 0) is 49.6 Å². The highest BCUT2D eigenvalue weighted by Crippen LogP contribution is 2.23. The Bertz CT molecular complexity index is 405. The first kappa shape index (κ1) is 15.5. The molecule has 0 aliphatic carbocycles. The van der Waals surface area contributed by atoms with Crippen LogP contribution in [0.2, 0.25) is 0 Å². The lowest BCUT2D eigenvalue weighted by Gasteiger charge is -2.34. The Labute approximate surface area is 119 Å². The topological polar surface area (TPSA) is 46.3 Å². The molecule has 2 heterocycles. The fraction of sp³-hybridized carbons (Fsp3) is 0.615. The summed E-state index contributed by atoms with van der Waals surface area (Å²) in [6.45, 7) is 5.72. The van der Waals surface area contributed by atoms with Crippen molar-refractivity contribution in [3.8, 4) is 0 Å². The minimum absolute atomic E-state index is 0. The van der Waals surface area contributed by atoms with Crippen LogP contribution in [0.3, 0.4) is 0 Å². The van der Waals surface area contributed by atoms with Crippen LogP contribution in [0.5, 0.6) is 0 Å². The molecule has 0 aromatic carbocycles. The predicted octanol–water partition coefficient (Wildman–Crippen LogP) is 2.68. The molecule has 2 N–H and O–H groups in total. The van der Waals surface area contributed by atoms with Crippen LogP contribution in [-0.4, -0.2) is 29.9 Å². The first-order valence-corrected chi connectivity index (χ1v) is 7.06. The molecule has 1 saturated heterocycles. The van der Waals surface area contributed by atoms with Crippen molar-refractivity contribution >= 4 is 29.7 Å². The van der Waals surface area contributed by atoms with Crippen molar-refractivity contribution in [3.63, 3.8) is 0 Å². The molecule has 1 aromatic heterocycles. The van der Waals surface area contributed by atoms with Gasteiger partial charge in [0.1, 0.15) is 0 Å². The number of nitrogens with two attached hydrogens (primary N) is 1. The smallest absolute Gasteiger partial charge is 0.264 e. The third-order valence-corrected chi connectivity index (χ3v) is 4.55. The van der Waals surface area contributed by atoms with Crippen molar-refractivity contribution < 1.29 is 4.79 Å². The van der Waals surface area contributed by atoms with E-state index in [0.29, 0.717) is 5.92 Å². The normalized spacial score (nSPS) is 21.3. The molecule has 18 heavy (non-hydrogen) atoms. The molecule has 0 bridgehead atoms. The molecule has 3 nitrogen and oxygen atoms in total. The lowest BCUT2D eigenvalue weighted by Crippen LogP contribution is -2.45. The van der Waals surface area contributed by atoms with Crippen LogP contribution in [0.25, 0.3) is 0 Å². The number of amides is 1. The number of thiophene rings is 1. The fourth-order valence-corrected chi connectivity index (χ4v) is 3.25. The number of carbonyl (C=O) groups excluding carboxylic acids is 1. The van der Waals surface area contributed by atoms with Crippen molar-refractivity contribution in [2.45, 2.75) is 32.7 Å². The molecule has 1 amide bonds. The van der Waals surface area contributed by atoms with Crippen LogP contribution in [0.15, 0.2) is 11.4 Å². The van der Waals surface area contributed by atoms with Crippen molar-refractivity contribution in [2.24, 2.45) is 11.7 Å². The molecule has 1 aliphatic heterocycles. The molecule has 0 saturated carbocycles. The first-order valence-electron chi connectivity index (χ1n) is 6.18. The molecule has 5 heteroatoms. The van der Waals surface area contributed by atoms with E-state index < -0.39 is 0 Å². The highest BCUT2D eigenvalue weighted by atomic mass is 35.5.